The van der Waals surface area contributed by atoms with Crippen molar-refractivity contribution in [3.05, 3.63) is 0 Å². The molecular weight excluding hydrogens is 214 g/mol. The Hall–Kier alpha value is 0.300. The minimum atomic E-state index is -1.88. The van der Waals surface area contributed by atoms with Crippen LogP contribution in [0.5, 0.6) is 0 Å². The van der Waals surface area contributed by atoms with Crippen molar-refractivity contribution in [1.82, 2.24) is 0 Å². The molecule has 11 heavy (non-hydrogen) atoms. The first-order valence-electron chi connectivity index (χ1n) is 2.73. The predicted octanol–water partition coefficient (Wildman–Crippen LogP) is 1.23. The lowest BCUT2D eigenvalue weighted by atomic mass is 10.2. The number of alkyl halides is 3. The van der Waals surface area contributed by atoms with Crippen molar-refractivity contribution in [2.75, 3.05) is 0 Å². The highest BCUT2D eigenvalue weighted by Crippen LogP contribution is 2.32. The number of aliphatic hydroxyl groups is 1. The second-order valence-corrected chi connectivity index (χ2v) is 4.13. The van der Waals surface area contributed by atoms with Gasteiger partial charge in [-0.15, -0.1) is 11.6 Å². The lowest BCUT2D eigenvalue weighted by molar-refractivity contribution is -0.147. The van der Waals surface area contributed by atoms with Crippen LogP contribution in [0.4, 0.5) is 0 Å². The molecule has 0 fully saturated rings. The zero-order chi connectivity index (χ0) is 9.23. The van der Waals surface area contributed by atoms with Crippen LogP contribution in [-0.2, 0) is 4.79 Å². The quantitative estimate of drug-likeness (QED) is 0.705. The van der Waals surface area contributed by atoms with Gasteiger partial charge in [0.25, 0.3) is 0 Å². The molecule has 0 aliphatic carbocycles. The van der Waals surface area contributed by atoms with Gasteiger partial charge in [0.05, 0.1) is 5.38 Å². The first-order chi connectivity index (χ1) is 4.80. The Bertz CT molecular complexity index is 157. The molecule has 0 radical (unpaired) electrons. The summed E-state index contributed by atoms with van der Waals surface area (Å²) in [5.41, 5.74) is 0. The van der Waals surface area contributed by atoms with E-state index >= 15 is 0 Å². The fourth-order valence-electron chi connectivity index (χ4n) is 0.382. The van der Waals surface area contributed by atoms with Crippen molar-refractivity contribution in [2.24, 2.45) is 0 Å². The molecule has 0 aromatic rings. The highest BCUT2D eigenvalue weighted by molar-refractivity contribution is 6.53. The van der Waals surface area contributed by atoms with Gasteiger partial charge in [-0.25, -0.2) is 4.79 Å². The summed E-state index contributed by atoms with van der Waals surface area (Å²) < 4.78 is -1.85. The van der Waals surface area contributed by atoms with E-state index in [-0.39, 0.29) is 0 Å². The van der Waals surface area contributed by atoms with Gasteiger partial charge >= 0.3 is 5.97 Å². The zero-order valence-electron chi connectivity index (χ0n) is 5.59. The number of aliphatic carboxylic acids is 1. The van der Waals surface area contributed by atoms with Crippen LogP contribution < -0.4 is 0 Å². The van der Waals surface area contributed by atoms with Crippen molar-refractivity contribution >= 4 is 40.8 Å². The lowest BCUT2D eigenvalue weighted by Crippen LogP contribution is -2.43. The second-order valence-electron chi connectivity index (χ2n) is 2.03. The van der Waals surface area contributed by atoms with Gasteiger partial charge in [-0.05, 0) is 6.92 Å². The molecule has 0 aromatic heterocycles. The average molecular weight is 221 g/mol. The second kappa shape index (κ2) is 3.81. The minimum absolute atomic E-state index is 0.850. The number of carboxylic acids is 1. The molecule has 0 amide bonds. The van der Waals surface area contributed by atoms with Crippen LogP contribution >= 0.6 is 34.8 Å². The van der Waals surface area contributed by atoms with Crippen molar-refractivity contribution in [3.63, 3.8) is 0 Å². The van der Waals surface area contributed by atoms with Crippen LogP contribution in [-0.4, -0.2) is 32.0 Å². The predicted molar refractivity (Wildman–Crippen MR) is 43.4 cm³/mol. The molecule has 0 aromatic carbocycles. The first-order valence-corrected chi connectivity index (χ1v) is 3.92. The number of carbonyl (C=O) groups is 1. The molecule has 2 unspecified atom stereocenters. The number of hydrogen-bond acceptors (Lipinski definition) is 2. The molecule has 2 atom stereocenters. The molecule has 0 saturated heterocycles. The maximum absolute atomic E-state index is 10.2. The molecule has 66 valence electrons. The van der Waals surface area contributed by atoms with Gasteiger partial charge in [0.15, 0.2) is 10.4 Å². The zero-order valence-corrected chi connectivity index (χ0v) is 7.86. The molecule has 0 bridgehead atoms. The van der Waals surface area contributed by atoms with Crippen LogP contribution in [0.2, 0.25) is 0 Å². The van der Waals surface area contributed by atoms with Gasteiger partial charge in [-0.1, -0.05) is 23.2 Å². The third-order valence-electron chi connectivity index (χ3n) is 1.13. The Labute approximate surface area is 78.9 Å². The molecule has 0 saturated carbocycles. The van der Waals surface area contributed by atoms with Crippen LogP contribution in [0.3, 0.4) is 0 Å². The Morgan fingerprint density at radius 2 is 1.91 bits per heavy atom. The van der Waals surface area contributed by atoms with E-state index in [0.29, 0.717) is 0 Å². The maximum atomic E-state index is 10.2. The number of rotatable bonds is 3. The smallest absolute Gasteiger partial charge is 0.335 e. The van der Waals surface area contributed by atoms with Crippen molar-refractivity contribution in [3.8, 4) is 0 Å². The summed E-state index contributed by atoms with van der Waals surface area (Å²) in [4.78, 5) is 10.2. The van der Waals surface area contributed by atoms with Crippen LogP contribution in [0, 0.1) is 0 Å². The SMILES string of the molecule is CC(Cl)C(Cl)(Cl)C(O)C(=O)O. The van der Waals surface area contributed by atoms with Crippen molar-refractivity contribution in [2.45, 2.75) is 22.7 Å². The summed E-state index contributed by atoms with van der Waals surface area (Å²) in [5.74, 6) is -1.50. The summed E-state index contributed by atoms with van der Waals surface area (Å²) in [6.07, 6.45) is -1.88. The van der Waals surface area contributed by atoms with E-state index in [2.05, 4.69) is 0 Å². The van der Waals surface area contributed by atoms with Gasteiger partial charge in [0.2, 0.25) is 0 Å². The van der Waals surface area contributed by atoms with E-state index in [1.165, 1.54) is 6.92 Å². The third kappa shape index (κ3) is 2.67. The maximum Gasteiger partial charge on any atom is 0.335 e. The molecule has 0 heterocycles. The fourth-order valence-corrected chi connectivity index (χ4v) is 0.688. The normalized spacial score (nSPS) is 17.5. The molecule has 0 spiro atoms. The van der Waals surface area contributed by atoms with Crippen molar-refractivity contribution in [1.29, 1.82) is 0 Å². The van der Waals surface area contributed by atoms with Gasteiger partial charge in [0, 0.05) is 0 Å². The van der Waals surface area contributed by atoms with E-state index in [4.69, 9.17) is 45.0 Å². The summed E-state index contributed by atoms with van der Waals surface area (Å²) in [6, 6.07) is 0. The van der Waals surface area contributed by atoms with Gasteiger partial charge < -0.3 is 10.2 Å². The molecular formula is C5H7Cl3O3. The Morgan fingerprint density at radius 3 is 2.00 bits per heavy atom. The largest absolute Gasteiger partial charge is 0.479 e. The van der Waals surface area contributed by atoms with Crippen LogP contribution in [0.1, 0.15) is 6.92 Å². The van der Waals surface area contributed by atoms with Gasteiger partial charge in [-0.3, -0.25) is 0 Å². The van der Waals surface area contributed by atoms with E-state index in [9.17, 15) is 4.79 Å². The summed E-state index contributed by atoms with van der Waals surface area (Å²) in [7, 11) is 0. The van der Waals surface area contributed by atoms with Crippen molar-refractivity contribution < 1.29 is 15.0 Å². The van der Waals surface area contributed by atoms with Crippen LogP contribution in [0.25, 0.3) is 0 Å². The Kier molecular flexibility index (Phi) is 3.91. The lowest BCUT2D eigenvalue weighted by Gasteiger charge is -2.24. The molecule has 6 heteroatoms. The molecule has 0 aliphatic heterocycles. The number of halogens is 3. The Balaban J connectivity index is 4.41. The molecule has 2 N–H and O–H groups in total. The van der Waals surface area contributed by atoms with E-state index in [1.807, 2.05) is 0 Å². The van der Waals surface area contributed by atoms with Gasteiger partial charge in [0.1, 0.15) is 0 Å². The first kappa shape index (κ1) is 11.3. The number of hydrogen-bond donors (Lipinski definition) is 2. The van der Waals surface area contributed by atoms with E-state index in [0.717, 1.165) is 0 Å². The van der Waals surface area contributed by atoms with Gasteiger partial charge in [-0.2, -0.15) is 0 Å². The number of aliphatic hydroxyl groups excluding tert-OH is 1. The molecule has 3 nitrogen and oxygen atoms in total. The highest BCUT2D eigenvalue weighted by Gasteiger charge is 2.42. The average Bonchev–Trinajstić information content (AvgIpc) is 1.85. The minimum Gasteiger partial charge on any atom is -0.479 e. The van der Waals surface area contributed by atoms with Crippen LogP contribution in [0.15, 0.2) is 0 Å². The highest BCUT2D eigenvalue weighted by atomic mass is 35.5. The number of carboxylic acid groups (broad SMARTS) is 1. The monoisotopic (exact) mass is 220 g/mol. The molecule has 0 aliphatic rings. The summed E-state index contributed by atoms with van der Waals surface area (Å²) in [6.45, 7) is 1.40. The standard InChI is InChI=1S/C5H7Cl3O3/c1-2(6)5(7,8)3(9)4(10)11/h2-3,9H,1H3,(H,10,11). The summed E-state index contributed by atoms with van der Waals surface area (Å²) in [5, 5.41) is 16.3. The van der Waals surface area contributed by atoms with E-state index < -0.39 is 21.8 Å². The molecule has 0 rings (SSSR count). The van der Waals surface area contributed by atoms with E-state index in [1.54, 1.807) is 0 Å². The third-order valence-corrected chi connectivity index (χ3v) is 2.76. The topological polar surface area (TPSA) is 57.5 Å². The fraction of sp³-hybridized carbons (Fsp3) is 0.800. The summed E-state index contributed by atoms with van der Waals surface area (Å²) >= 11 is 16.3. The Morgan fingerprint density at radius 1 is 1.55 bits per heavy atom.